The van der Waals surface area contributed by atoms with Gasteiger partial charge in [-0.25, -0.2) is 17.9 Å². The molecule has 16 nitrogen and oxygen atoms in total. The summed E-state index contributed by atoms with van der Waals surface area (Å²) in [5.41, 5.74) is 0.306. The lowest BCUT2D eigenvalue weighted by molar-refractivity contribution is -0.142. The van der Waals surface area contributed by atoms with E-state index in [1.54, 1.807) is 25.1 Å². The van der Waals surface area contributed by atoms with Crippen molar-refractivity contribution in [3.05, 3.63) is 35.9 Å². The lowest BCUT2D eigenvalue weighted by Crippen LogP contribution is -2.60. The second kappa shape index (κ2) is 21.4. The summed E-state index contributed by atoms with van der Waals surface area (Å²) in [5.74, 6) is -6.81. The monoisotopic (exact) mass is 764 g/mol. The summed E-state index contributed by atoms with van der Waals surface area (Å²) in [7, 11) is -3.75. The quantitative estimate of drug-likeness (QED) is 0.0828. The lowest BCUT2D eigenvalue weighted by Gasteiger charge is -2.29. The Bertz CT molecular complexity index is 1550. The number of hydrogen-bond acceptors (Lipinski definition) is 9. The number of amides is 5. The normalized spacial score (nSPS) is 16.2. The van der Waals surface area contributed by atoms with Gasteiger partial charge < -0.3 is 31.7 Å². The van der Waals surface area contributed by atoms with Crippen LogP contribution in [0.4, 0.5) is 0 Å². The Labute approximate surface area is 311 Å². The third-order valence-corrected chi connectivity index (χ3v) is 9.41. The van der Waals surface area contributed by atoms with Gasteiger partial charge in [-0.15, -0.1) is 0 Å². The Kier molecular flexibility index (Phi) is 18.0. The number of sulfonamides is 1. The fraction of sp³-hybridized carbons (Fsp3) is 0.639. The fourth-order valence-electron chi connectivity index (χ4n) is 6.23. The number of carboxylic acid groups (broad SMARTS) is 1. The third kappa shape index (κ3) is 15.6. The van der Waals surface area contributed by atoms with Gasteiger partial charge in [-0.05, 0) is 55.4 Å². The first-order valence-corrected chi connectivity index (χ1v) is 20.0. The minimum absolute atomic E-state index is 0.0418. The number of carbonyl (C=O) groups excluding carboxylic acids is 6. The summed E-state index contributed by atoms with van der Waals surface area (Å²) < 4.78 is 26.4. The zero-order valence-electron chi connectivity index (χ0n) is 31.4. The molecule has 0 aromatic heterocycles. The summed E-state index contributed by atoms with van der Waals surface area (Å²) in [6.45, 7) is 8.36. The highest BCUT2D eigenvalue weighted by Gasteiger charge is 2.37. The largest absolute Gasteiger partial charge is 0.479 e. The van der Waals surface area contributed by atoms with E-state index in [9.17, 15) is 47.1 Å². The van der Waals surface area contributed by atoms with E-state index in [1.807, 2.05) is 27.7 Å². The zero-order valence-corrected chi connectivity index (χ0v) is 32.2. The highest BCUT2D eigenvalue weighted by Crippen LogP contribution is 2.28. The van der Waals surface area contributed by atoms with Crippen LogP contribution in [0.5, 0.6) is 0 Å². The number of aliphatic carboxylic acids is 1. The Balaban J connectivity index is 2.17. The molecule has 0 saturated heterocycles. The number of ketones is 1. The smallest absolute Gasteiger partial charge is 0.330 e. The van der Waals surface area contributed by atoms with Crippen LogP contribution in [0, 0.1) is 17.8 Å². The van der Waals surface area contributed by atoms with E-state index >= 15 is 0 Å². The molecule has 0 aliphatic heterocycles. The van der Waals surface area contributed by atoms with Gasteiger partial charge in [-0.3, -0.25) is 28.8 Å². The summed E-state index contributed by atoms with van der Waals surface area (Å²) in [5, 5.41) is 22.1. The van der Waals surface area contributed by atoms with E-state index in [0.29, 0.717) is 24.8 Å². The number of carboxylic acids is 1. The van der Waals surface area contributed by atoms with Crippen molar-refractivity contribution in [2.24, 2.45) is 17.8 Å². The maximum atomic E-state index is 13.9. The summed E-state index contributed by atoms with van der Waals surface area (Å²) >= 11 is 0. The molecule has 1 aliphatic rings. The Morgan fingerprint density at radius 2 is 1.32 bits per heavy atom. The van der Waals surface area contributed by atoms with Crippen LogP contribution < -0.4 is 31.3 Å². The summed E-state index contributed by atoms with van der Waals surface area (Å²) in [4.78, 5) is 91.2. The number of rotatable bonds is 22. The maximum absolute atomic E-state index is 13.9. The van der Waals surface area contributed by atoms with E-state index in [2.05, 4.69) is 31.3 Å². The minimum atomic E-state index is -3.75. The molecule has 0 bridgehead atoms. The topological polar surface area (TPSA) is 246 Å². The molecule has 0 radical (unpaired) electrons. The minimum Gasteiger partial charge on any atom is -0.479 e. The number of benzene rings is 1. The first-order chi connectivity index (χ1) is 24.8. The molecule has 2 unspecified atom stereocenters. The first kappa shape index (κ1) is 44.8. The van der Waals surface area contributed by atoms with Gasteiger partial charge in [0.15, 0.2) is 6.04 Å². The second-order valence-corrected chi connectivity index (χ2v) is 16.2. The number of hydrogen-bond donors (Lipinski definition) is 7. The number of nitrogens with one attached hydrogen (secondary N) is 6. The molecule has 53 heavy (non-hydrogen) atoms. The molecule has 1 saturated carbocycles. The average molecular weight is 765 g/mol. The van der Waals surface area contributed by atoms with Crippen LogP contribution in [0.15, 0.2) is 30.3 Å². The van der Waals surface area contributed by atoms with Crippen molar-refractivity contribution < 1.29 is 47.1 Å². The van der Waals surface area contributed by atoms with Crippen LogP contribution in [0.1, 0.15) is 97.6 Å². The predicted octanol–water partition coefficient (Wildman–Crippen LogP) is 1.07. The lowest BCUT2D eigenvalue weighted by atomic mass is 9.95. The van der Waals surface area contributed by atoms with Gasteiger partial charge in [0.25, 0.3) is 5.91 Å². The molecule has 0 spiro atoms. The van der Waals surface area contributed by atoms with Gasteiger partial charge in [0.2, 0.25) is 39.4 Å². The summed E-state index contributed by atoms with van der Waals surface area (Å²) in [6, 6.07) is 1.91. The average Bonchev–Trinajstić information content (AvgIpc) is 3.61. The van der Waals surface area contributed by atoms with E-state index in [0.717, 1.165) is 19.1 Å². The summed E-state index contributed by atoms with van der Waals surface area (Å²) in [6.07, 6.45) is 4.67. The van der Waals surface area contributed by atoms with E-state index < -0.39 is 88.1 Å². The third-order valence-electron chi connectivity index (χ3n) is 8.70. The van der Waals surface area contributed by atoms with Gasteiger partial charge in [0.1, 0.15) is 18.1 Å². The van der Waals surface area contributed by atoms with E-state index in [-0.39, 0.29) is 37.0 Å². The molecule has 5 amide bonds. The van der Waals surface area contributed by atoms with Crippen molar-refractivity contribution >= 4 is 51.3 Å². The molecule has 296 valence electrons. The van der Waals surface area contributed by atoms with Crippen molar-refractivity contribution in [2.75, 3.05) is 12.8 Å². The van der Waals surface area contributed by atoms with Crippen molar-refractivity contribution in [2.45, 2.75) is 116 Å². The second-order valence-electron chi connectivity index (χ2n) is 14.4. The number of carbonyl (C=O) groups is 7. The zero-order chi connectivity index (χ0) is 39.9. The molecule has 5 atom stereocenters. The van der Waals surface area contributed by atoms with Gasteiger partial charge in [-0.2, -0.15) is 0 Å². The standard InChI is InChI=1S/C36H56N6O10S/c1-7-13-25(31(44)35(48)37-20-28(43)40-30(36(49)50)24-14-9-8-10-15-24)38-32(45)26(18-21(2)3)39-34(47)29(23-16-11-12-17-23)41-33(46)27(19-22(4)5)42-53(6,51)52/h8-10,14-15,21-23,25-27,29-30,42H,7,11-13,16-20H2,1-6H3,(H,37,48)(H,38,45)(H,39,47)(H,40,43)(H,41,46)(H,49,50)/t25?,26-,27?,29-,30-/m0/s1. The predicted molar refractivity (Wildman–Crippen MR) is 196 cm³/mol. The molecule has 17 heteroatoms. The fourth-order valence-corrected chi connectivity index (χ4v) is 6.95. The molecule has 1 aromatic rings. The Morgan fingerprint density at radius 3 is 1.85 bits per heavy atom. The van der Waals surface area contributed by atoms with Gasteiger partial charge in [0, 0.05) is 0 Å². The van der Waals surface area contributed by atoms with Crippen molar-refractivity contribution in [1.29, 1.82) is 0 Å². The number of Topliss-reactive ketones (excluding diaryl/α,β-unsaturated/α-hetero) is 1. The first-order valence-electron chi connectivity index (χ1n) is 18.1. The Hall–Kier alpha value is -4.38. The van der Waals surface area contributed by atoms with Crippen LogP contribution in [0.3, 0.4) is 0 Å². The van der Waals surface area contributed by atoms with Crippen LogP contribution in [-0.2, 0) is 43.6 Å². The van der Waals surface area contributed by atoms with Gasteiger partial charge >= 0.3 is 5.97 Å². The van der Waals surface area contributed by atoms with Crippen LogP contribution in [0.25, 0.3) is 0 Å². The molecule has 1 aromatic carbocycles. The van der Waals surface area contributed by atoms with E-state index in [1.165, 1.54) is 12.1 Å². The van der Waals surface area contributed by atoms with Crippen LogP contribution in [0.2, 0.25) is 0 Å². The van der Waals surface area contributed by atoms with Crippen LogP contribution in [-0.4, -0.2) is 91.8 Å². The van der Waals surface area contributed by atoms with Crippen molar-refractivity contribution in [3.8, 4) is 0 Å². The SMILES string of the molecule is CCCC(NC(=O)[C@H](CC(C)C)NC(=O)[C@@H](NC(=O)C(CC(C)C)NS(C)(=O)=O)C1CCCC1)C(=O)C(=O)NCC(=O)N[C@H](C(=O)O)c1ccccc1. The Morgan fingerprint density at radius 1 is 0.774 bits per heavy atom. The molecular weight excluding hydrogens is 708 g/mol. The van der Waals surface area contributed by atoms with Crippen LogP contribution >= 0.6 is 0 Å². The van der Waals surface area contributed by atoms with Crippen molar-refractivity contribution in [1.82, 2.24) is 31.3 Å². The molecular formula is C36H56N6O10S. The molecule has 2 rings (SSSR count). The molecule has 7 N–H and O–H groups in total. The van der Waals surface area contributed by atoms with E-state index in [4.69, 9.17) is 0 Å². The highest BCUT2D eigenvalue weighted by molar-refractivity contribution is 7.88. The van der Waals surface area contributed by atoms with Gasteiger partial charge in [-0.1, -0.05) is 84.2 Å². The molecule has 1 fully saturated rings. The highest BCUT2D eigenvalue weighted by atomic mass is 32.2. The van der Waals surface area contributed by atoms with Gasteiger partial charge in [0.05, 0.1) is 18.8 Å². The molecule has 1 aliphatic carbocycles. The maximum Gasteiger partial charge on any atom is 0.330 e. The molecule has 0 heterocycles. The van der Waals surface area contributed by atoms with Crippen molar-refractivity contribution in [3.63, 3.8) is 0 Å².